The number of aryl methyl sites for hydroxylation is 2. The number of aromatic amines is 1. The summed E-state index contributed by atoms with van der Waals surface area (Å²) in [5.41, 5.74) is 2.24. The Labute approximate surface area is 230 Å². The minimum Gasteiger partial charge on any atom is -0.485 e. The molecule has 39 heavy (non-hydrogen) atoms. The van der Waals surface area contributed by atoms with Gasteiger partial charge in [0.2, 0.25) is 0 Å². The average Bonchev–Trinajstić information content (AvgIpc) is 3.52. The molecule has 0 radical (unpaired) electrons. The Morgan fingerprint density at radius 3 is 2.46 bits per heavy atom. The van der Waals surface area contributed by atoms with Gasteiger partial charge < -0.3 is 4.74 Å². The fraction of sp³-hybridized carbons (Fsp3) is 0.179. The first-order valence-corrected chi connectivity index (χ1v) is 13.1. The molecule has 0 amide bonds. The highest BCUT2D eigenvalue weighted by molar-refractivity contribution is 7.15. The zero-order valence-electron chi connectivity index (χ0n) is 20.5. The number of aromatic nitrogens is 3. The molecule has 0 spiro atoms. The van der Waals surface area contributed by atoms with Gasteiger partial charge >= 0.3 is 11.9 Å². The summed E-state index contributed by atoms with van der Waals surface area (Å²) in [4.78, 5) is 19.3. The van der Waals surface area contributed by atoms with Crippen molar-refractivity contribution in [3.05, 3.63) is 110 Å². The van der Waals surface area contributed by atoms with Crippen molar-refractivity contribution >= 4 is 22.9 Å². The fourth-order valence-electron chi connectivity index (χ4n) is 4.09. The molecule has 0 aliphatic heterocycles. The van der Waals surface area contributed by atoms with E-state index >= 15 is 0 Å². The molecule has 0 saturated carbocycles. The van der Waals surface area contributed by atoms with Gasteiger partial charge in [0.1, 0.15) is 16.9 Å². The molecule has 0 bridgehead atoms. The molecule has 0 fully saturated rings. The van der Waals surface area contributed by atoms with Crippen LogP contribution in [-0.4, -0.2) is 15.1 Å². The Morgan fingerprint density at radius 1 is 1.08 bits per heavy atom. The second-order valence-corrected chi connectivity index (χ2v) is 10.2. The van der Waals surface area contributed by atoms with Gasteiger partial charge in [0.05, 0.1) is 21.2 Å². The van der Waals surface area contributed by atoms with Gasteiger partial charge in [-0.2, -0.15) is 13.2 Å². The lowest BCUT2D eigenvalue weighted by Crippen LogP contribution is -2.09. The van der Waals surface area contributed by atoms with E-state index in [1.54, 1.807) is 18.2 Å². The Bertz CT molecular complexity index is 1630. The molecule has 6 nitrogen and oxygen atoms in total. The molecule has 5 aromatic rings. The van der Waals surface area contributed by atoms with Gasteiger partial charge in [-0.1, -0.05) is 59.2 Å². The number of thiazole rings is 1. The maximum absolute atomic E-state index is 13.0. The van der Waals surface area contributed by atoms with Crippen LogP contribution in [0.1, 0.15) is 34.2 Å². The van der Waals surface area contributed by atoms with Crippen LogP contribution in [0.3, 0.4) is 0 Å². The molecule has 0 aliphatic rings. The lowest BCUT2D eigenvalue weighted by Gasteiger charge is -2.19. The van der Waals surface area contributed by atoms with E-state index in [0.717, 1.165) is 34.7 Å². The van der Waals surface area contributed by atoms with Crippen molar-refractivity contribution in [1.82, 2.24) is 15.1 Å². The molecule has 2 aromatic heterocycles. The van der Waals surface area contributed by atoms with Crippen LogP contribution < -0.4 is 10.5 Å². The van der Waals surface area contributed by atoms with Gasteiger partial charge in [-0.3, -0.25) is 9.51 Å². The number of H-pyrrole nitrogens is 1. The third-order valence-corrected chi connectivity index (χ3v) is 7.65. The summed E-state index contributed by atoms with van der Waals surface area (Å²) in [5, 5.41) is 4.59. The van der Waals surface area contributed by atoms with Gasteiger partial charge in [-0.05, 0) is 55.7 Å². The van der Waals surface area contributed by atoms with Crippen LogP contribution in [0.4, 0.5) is 13.2 Å². The number of alkyl halides is 3. The smallest absolute Gasteiger partial charge is 0.439 e. The number of hydrogen-bond donors (Lipinski definition) is 1. The van der Waals surface area contributed by atoms with Crippen molar-refractivity contribution in [2.24, 2.45) is 0 Å². The van der Waals surface area contributed by atoms with Gasteiger partial charge in [0, 0.05) is 11.1 Å². The van der Waals surface area contributed by atoms with Crippen molar-refractivity contribution < 1.29 is 22.4 Å². The predicted molar refractivity (Wildman–Crippen MR) is 143 cm³/mol. The summed E-state index contributed by atoms with van der Waals surface area (Å²) < 4.78 is 50.0. The van der Waals surface area contributed by atoms with E-state index in [-0.39, 0.29) is 5.82 Å². The van der Waals surface area contributed by atoms with Crippen LogP contribution >= 0.6 is 22.9 Å². The predicted octanol–water partition coefficient (Wildman–Crippen LogP) is 7.89. The summed E-state index contributed by atoms with van der Waals surface area (Å²) in [6, 6.07) is 20.0. The standard InChI is InChI=1S/C28H21ClF3N3O3S/c1-16-24(39-26(33-16)18-8-10-19(11-9-18)28(30,31)32)23(14-7-17-5-3-2-4-6-17)37-20-12-13-21(22(29)15-20)25-34-27(36)38-35-25/h2-6,8-13,15,23H,7,14H2,1H3,(H,34,35,36). The van der Waals surface area contributed by atoms with E-state index in [2.05, 4.69) is 19.6 Å². The van der Waals surface area contributed by atoms with Crippen molar-refractivity contribution in [2.75, 3.05) is 0 Å². The zero-order valence-corrected chi connectivity index (χ0v) is 22.0. The molecule has 3 aromatic carbocycles. The average molecular weight is 572 g/mol. The Balaban J connectivity index is 1.44. The largest absolute Gasteiger partial charge is 0.485 e. The second-order valence-electron chi connectivity index (χ2n) is 8.76. The first kappa shape index (κ1) is 26.7. The molecule has 200 valence electrons. The van der Waals surface area contributed by atoms with E-state index in [4.69, 9.17) is 16.3 Å². The highest BCUT2D eigenvalue weighted by Crippen LogP contribution is 2.39. The summed E-state index contributed by atoms with van der Waals surface area (Å²) in [6.45, 7) is 1.86. The SMILES string of the molecule is Cc1nc(-c2ccc(C(F)(F)F)cc2)sc1C(CCc1ccccc1)Oc1ccc(-c2noc(=O)[nH]2)c(Cl)c1. The molecule has 1 atom stereocenters. The zero-order chi connectivity index (χ0) is 27.6. The van der Waals surface area contributed by atoms with Crippen LogP contribution in [0.2, 0.25) is 5.02 Å². The van der Waals surface area contributed by atoms with Crippen LogP contribution in [0.5, 0.6) is 5.75 Å². The molecule has 1 unspecified atom stereocenters. The van der Waals surface area contributed by atoms with E-state index < -0.39 is 23.6 Å². The number of rotatable bonds is 8. The molecule has 1 N–H and O–H groups in total. The third-order valence-electron chi connectivity index (χ3n) is 6.04. The minimum absolute atomic E-state index is 0.205. The maximum atomic E-state index is 13.0. The van der Waals surface area contributed by atoms with Crippen molar-refractivity contribution in [3.63, 3.8) is 0 Å². The first-order valence-electron chi connectivity index (χ1n) is 11.9. The molecule has 0 aliphatic carbocycles. The third kappa shape index (κ3) is 6.23. The number of benzene rings is 3. The highest BCUT2D eigenvalue weighted by Gasteiger charge is 2.30. The second kappa shape index (κ2) is 11.1. The van der Waals surface area contributed by atoms with Crippen LogP contribution in [0.25, 0.3) is 22.0 Å². The van der Waals surface area contributed by atoms with E-state index in [1.165, 1.54) is 23.5 Å². The molecule has 11 heteroatoms. The normalized spacial score (nSPS) is 12.4. The van der Waals surface area contributed by atoms with E-state index in [1.807, 2.05) is 37.3 Å². The molecular formula is C28H21ClF3N3O3S. The summed E-state index contributed by atoms with van der Waals surface area (Å²) in [5.74, 6) is 0.0140. The highest BCUT2D eigenvalue weighted by atomic mass is 35.5. The van der Waals surface area contributed by atoms with Crippen molar-refractivity contribution in [2.45, 2.75) is 32.0 Å². The quantitative estimate of drug-likeness (QED) is 0.205. The number of hydrogen-bond acceptors (Lipinski definition) is 6. The Hall–Kier alpha value is -3.89. The minimum atomic E-state index is -4.40. The van der Waals surface area contributed by atoms with Crippen LogP contribution in [-0.2, 0) is 12.6 Å². The van der Waals surface area contributed by atoms with Crippen LogP contribution in [0, 0.1) is 6.92 Å². The van der Waals surface area contributed by atoms with Gasteiger partial charge in [0.25, 0.3) is 0 Å². The van der Waals surface area contributed by atoms with Crippen LogP contribution in [0.15, 0.2) is 82.1 Å². The Kier molecular flexibility index (Phi) is 7.58. The number of nitrogens with zero attached hydrogens (tertiary/aromatic N) is 2. The first-order chi connectivity index (χ1) is 18.7. The van der Waals surface area contributed by atoms with E-state index in [9.17, 15) is 18.0 Å². The lowest BCUT2D eigenvalue weighted by atomic mass is 10.1. The van der Waals surface area contributed by atoms with Crippen molar-refractivity contribution in [3.8, 4) is 27.7 Å². The lowest BCUT2D eigenvalue weighted by molar-refractivity contribution is -0.137. The van der Waals surface area contributed by atoms with E-state index in [0.29, 0.717) is 33.3 Å². The summed E-state index contributed by atoms with van der Waals surface area (Å²) in [6.07, 6.45) is -3.46. The monoisotopic (exact) mass is 571 g/mol. The number of nitrogens with one attached hydrogen (secondary N) is 1. The molecule has 5 rings (SSSR count). The molecule has 0 saturated heterocycles. The molecular weight excluding hydrogens is 551 g/mol. The number of halogens is 4. The Morgan fingerprint density at radius 2 is 1.82 bits per heavy atom. The van der Waals surface area contributed by atoms with Gasteiger partial charge in [0.15, 0.2) is 5.82 Å². The maximum Gasteiger partial charge on any atom is 0.439 e. The van der Waals surface area contributed by atoms with Gasteiger partial charge in [-0.25, -0.2) is 9.78 Å². The van der Waals surface area contributed by atoms with Crippen molar-refractivity contribution in [1.29, 1.82) is 0 Å². The topological polar surface area (TPSA) is 81.0 Å². The molecule has 2 heterocycles. The summed E-state index contributed by atoms with van der Waals surface area (Å²) in [7, 11) is 0. The summed E-state index contributed by atoms with van der Waals surface area (Å²) >= 11 is 7.85. The fourth-order valence-corrected chi connectivity index (χ4v) is 5.49. The number of ether oxygens (including phenoxy) is 1. The van der Waals surface area contributed by atoms with Gasteiger partial charge in [-0.15, -0.1) is 11.3 Å².